The van der Waals surface area contributed by atoms with Crippen molar-refractivity contribution in [1.82, 2.24) is 4.90 Å². The Kier molecular flexibility index (Phi) is 5.09. The Bertz CT molecular complexity index is 299. The molecule has 0 saturated carbocycles. The molecule has 0 spiro atoms. The lowest BCUT2D eigenvalue weighted by atomic mass is 10.2. The van der Waals surface area contributed by atoms with Crippen molar-refractivity contribution >= 4 is 11.6 Å². The molecular weight excluding hydrogens is 208 g/mol. The minimum Gasteiger partial charge on any atom is -0.329 e. The van der Waals surface area contributed by atoms with Gasteiger partial charge in [-0.3, -0.25) is 4.90 Å². The lowest BCUT2D eigenvalue weighted by Crippen LogP contribution is -2.34. The van der Waals surface area contributed by atoms with E-state index in [2.05, 4.69) is 24.8 Å². The zero-order chi connectivity index (χ0) is 11.3. The van der Waals surface area contributed by atoms with E-state index in [0.29, 0.717) is 12.6 Å². The van der Waals surface area contributed by atoms with Crippen LogP contribution in [0.2, 0.25) is 5.02 Å². The Morgan fingerprint density at radius 3 is 2.53 bits per heavy atom. The Labute approximate surface area is 97.0 Å². The summed E-state index contributed by atoms with van der Waals surface area (Å²) < 4.78 is 0. The molecular formula is C12H19ClN2. The number of hydrogen-bond donors (Lipinski definition) is 1. The van der Waals surface area contributed by atoms with Gasteiger partial charge in [-0.25, -0.2) is 0 Å². The highest BCUT2D eigenvalue weighted by Crippen LogP contribution is 2.17. The molecule has 0 fully saturated rings. The molecule has 0 aliphatic carbocycles. The monoisotopic (exact) mass is 226 g/mol. The van der Waals surface area contributed by atoms with Gasteiger partial charge in [0.2, 0.25) is 0 Å². The number of rotatable bonds is 5. The molecule has 1 aromatic carbocycles. The van der Waals surface area contributed by atoms with Gasteiger partial charge < -0.3 is 5.73 Å². The second-order valence-corrected chi connectivity index (χ2v) is 4.35. The topological polar surface area (TPSA) is 29.3 Å². The first-order chi connectivity index (χ1) is 7.15. The summed E-state index contributed by atoms with van der Waals surface area (Å²) in [5, 5.41) is 0.833. The van der Waals surface area contributed by atoms with Crippen LogP contribution in [0.3, 0.4) is 0 Å². The van der Waals surface area contributed by atoms with E-state index in [1.807, 2.05) is 18.2 Å². The third kappa shape index (κ3) is 3.82. The van der Waals surface area contributed by atoms with Crippen molar-refractivity contribution in [3.8, 4) is 0 Å². The number of benzene rings is 1. The second kappa shape index (κ2) is 6.11. The van der Waals surface area contributed by atoms with Crippen LogP contribution in [-0.4, -0.2) is 24.0 Å². The van der Waals surface area contributed by atoms with Gasteiger partial charge >= 0.3 is 0 Å². The Balaban J connectivity index is 2.69. The minimum atomic E-state index is 0.491. The molecule has 84 valence electrons. The molecule has 0 aliphatic heterocycles. The lowest BCUT2D eigenvalue weighted by Gasteiger charge is -2.26. The highest BCUT2D eigenvalue weighted by atomic mass is 35.5. The lowest BCUT2D eigenvalue weighted by molar-refractivity contribution is 0.219. The van der Waals surface area contributed by atoms with E-state index in [0.717, 1.165) is 18.1 Å². The first-order valence-electron chi connectivity index (χ1n) is 5.32. The van der Waals surface area contributed by atoms with E-state index in [1.165, 1.54) is 5.56 Å². The number of hydrogen-bond acceptors (Lipinski definition) is 2. The molecule has 0 saturated heterocycles. The van der Waals surface area contributed by atoms with Crippen LogP contribution in [0, 0.1) is 0 Å². The summed E-state index contributed by atoms with van der Waals surface area (Å²) in [6, 6.07) is 8.45. The minimum absolute atomic E-state index is 0.491. The molecule has 0 heterocycles. The molecule has 0 aromatic heterocycles. The Morgan fingerprint density at radius 2 is 2.00 bits per heavy atom. The van der Waals surface area contributed by atoms with Crippen LogP contribution >= 0.6 is 11.6 Å². The fraction of sp³-hybridized carbons (Fsp3) is 0.500. The summed E-state index contributed by atoms with van der Waals surface area (Å²) in [6.07, 6.45) is 0. The molecule has 1 rings (SSSR count). The van der Waals surface area contributed by atoms with Crippen molar-refractivity contribution in [1.29, 1.82) is 0 Å². The molecule has 2 nitrogen and oxygen atoms in total. The van der Waals surface area contributed by atoms with Crippen LogP contribution in [0.1, 0.15) is 19.4 Å². The Morgan fingerprint density at radius 1 is 1.33 bits per heavy atom. The summed E-state index contributed by atoms with van der Waals surface area (Å²) in [5.74, 6) is 0. The van der Waals surface area contributed by atoms with Gasteiger partial charge in [-0.05, 0) is 25.5 Å². The summed E-state index contributed by atoms with van der Waals surface area (Å²) in [6.45, 7) is 6.80. The molecule has 0 amide bonds. The van der Waals surface area contributed by atoms with Gasteiger partial charge in [0.1, 0.15) is 0 Å². The standard InChI is InChI=1S/C12H19ClN2/c1-10(2)15(8-7-14)9-11-5-3-4-6-12(11)13/h3-6,10H,7-9,14H2,1-2H3. The van der Waals surface area contributed by atoms with Gasteiger partial charge in [-0.1, -0.05) is 29.8 Å². The summed E-state index contributed by atoms with van der Waals surface area (Å²) in [5.41, 5.74) is 6.75. The molecule has 3 heteroatoms. The van der Waals surface area contributed by atoms with Crippen molar-refractivity contribution in [2.75, 3.05) is 13.1 Å². The molecule has 0 atom stereocenters. The van der Waals surface area contributed by atoms with Gasteiger partial charge in [0.15, 0.2) is 0 Å². The first-order valence-corrected chi connectivity index (χ1v) is 5.70. The molecule has 0 aliphatic rings. The van der Waals surface area contributed by atoms with Gasteiger partial charge in [0, 0.05) is 30.7 Å². The number of nitrogens with zero attached hydrogens (tertiary/aromatic N) is 1. The van der Waals surface area contributed by atoms with Gasteiger partial charge in [0.25, 0.3) is 0 Å². The van der Waals surface area contributed by atoms with E-state index in [1.54, 1.807) is 0 Å². The van der Waals surface area contributed by atoms with Crippen LogP contribution in [0.5, 0.6) is 0 Å². The van der Waals surface area contributed by atoms with Crippen LogP contribution < -0.4 is 5.73 Å². The smallest absolute Gasteiger partial charge is 0.0451 e. The van der Waals surface area contributed by atoms with E-state index in [9.17, 15) is 0 Å². The van der Waals surface area contributed by atoms with E-state index < -0.39 is 0 Å². The molecule has 1 aromatic rings. The maximum atomic E-state index is 6.12. The fourth-order valence-corrected chi connectivity index (χ4v) is 1.73. The van der Waals surface area contributed by atoms with E-state index in [-0.39, 0.29) is 0 Å². The molecule has 0 radical (unpaired) electrons. The zero-order valence-electron chi connectivity index (χ0n) is 9.41. The summed E-state index contributed by atoms with van der Waals surface area (Å²) in [4.78, 5) is 2.32. The third-order valence-corrected chi connectivity index (χ3v) is 2.85. The van der Waals surface area contributed by atoms with E-state index in [4.69, 9.17) is 17.3 Å². The van der Waals surface area contributed by atoms with Crippen molar-refractivity contribution < 1.29 is 0 Å². The predicted octanol–water partition coefficient (Wildman–Crippen LogP) is 2.51. The van der Waals surface area contributed by atoms with Gasteiger partial charge in [0.05, 0.1) is 0 Å². The summed E-state index contributed by atoms with van der Waals surface area (Å²) >= 11 is 6.12. The number of halogens is 1. The number of nitrogens with two attached hydrogens (primary N) is 1. The summed E-state index contributed by atoms with van der Waals surface area (Å²) in [7, 11) is 0. The SMILES string of the molecule is CC(C)N(CCN)Cc1ccccc1Cl. The van der Waals surface area contributed by atoms with Crippen LogP contribution in [-0.2, 0) is 6.54 Å². The largest absolute Gasteiger partial charge is 0.329 e. The molecule has 2 N–H and O–H groups in total. The van der Waals surface area contributed by atoms with Crippen LogP contribution in [0.25, 0.3) is 0 Å². The van der Waals surface area contributed by atoms with Crippen molar-refractivity contribution in [2.24, 2.45) is 5.73 Å². The molecule has 0 unspecified atom stereocenters. The maximum absolute atomic E-state index is 6.12. The predicted molar refractivity (Wildman–Crippen MR) is 66.1 cm³/mol. The second-order valence-electron chi connectivity index (χ2n) is 3.94. The van der Waals surface area contributed by atoms with Gasteiger partial charge in [-0.15, -0.1) is 0 Å². The van der Waals surface area contributed by atoms with Crippen molar-refractivity contribution in [3.63, 3.8) is 0 Å². The maximum Gasteiger partial charge on any atom is 0.0451 e. The normalized spacial score (nSPS) is 11.3. The average Bonchev–Trinajstić information content (AvgIpc) is 2.20. The van der Waals surface area contributed by atoms with Crippen LogP contribution in [0.15, 0.2) is 24.3 Å². The van der Waals surface area contributed by atoms with Gasteiger partial charge in [-0.2, -0.15) is 0 Å². The third-order valence-electron chi connectivity index (χ3n) is 2.48. The van der Waals surface area contributed by atoms with Crippen LogP contribution in [0.4, 0.5) is 0 Å². The fourth-order valence-electron chi connectivity index (χ4n) is 1.53. The zero-order valence-corrected chi connectivity index (χ0v) is 10.2. The van der Waals surface area contributed by atoms with Crippen molar-refractivity contribution in [2.45, 2.75) is 26.4 Å². The van der Waals surface area contributed by atoms with E-state index >= 15 is 0 Å². The molecule has 0 bridgehead atoms. The quantitative estimate of drug-likeness (QED) is 0.836. The highest BCUT2D eigenvalue weighted by Gasteiger charge is 2.10. The Hall–Kier alpha value is -0.570. The first kappa shape index (κ1) is 12.5. The average molecular weight is 227 g/mol. The van der Waals surface area contributed by atoms with Crippen molar-refractivity contribution in [3.05, 3.63) is 34.9 Å². The highest BCUT2D eigenvalue weighted by molar-refractivity contribution is 6.31. The molecule has 15 heavy (non-hydrogen) atoms.